The third kappa shape index (κ3) is 3.67. The SMILES string of the molecule is O=CC(=O)OCCS. The van der Waals surface area contributed by atoms with E-state index < -0.39 is 5.97 Å². The number of carbonyl (C=O) groups excluding carboxylic acids is 2. The van der Waals surface area contributed by atoms with Gasteiger partial charge in [0.05, 0.1) is 0 Å². The molecule has 0 aromatic rings. The largest absolute Gasteiger partial charge is 0.459 e. The predicted octanol–water partition coefficient (Wildman–Crippen LogP) is -0.342. The molecule has 0 aromatic heterocycles. The summed E-state index contributed by atoms with van der Waals surface area (Å²) in [6.45, 7) is 0.195. The van der Waals surface area contributed by atoms with E-state index in [2.05, 4.69) is 17.4 Å². The van der Waals surface area contributed by atoms with Crippen LogP contribution in [-0.4, -0.2) is 24.6 Å². The molecular weight excluding hydrogens is 128 g/mol. The van der Waals surface area contributed by atoms with Gasteiger partial charge in [0.25, 0.3) is 0 Å². The summed E-state index contributed by atoms with van der Waals surface area (Å²) in [5.74, 6) is -0.390. The van der Waals surface area contributed by atoms with E-state index >= 15 is 0 Å². The first kappa shape index (κ1) is 7.49. The zero-order valence-corrected chi connectivity index (χ0v) is 5.06. The van der Waals surface area contributed by atoms with Crippen molar-refractivity contribution in [3.05, 3.63) is 0 Å². The van der Waals surface area contributed by atoms with Gasteiger partial charge in [-0.1, -0.05) is 0 Å². The van der Waals surface area contributed by atoms with Gasteiger partial charge in [-0.3, -0.25) is 4.79 Å². The lowest BCUT2D eigenvalue weighted by Gasteiger charge is -1.92. The van der Waals surface area contributed by atoms with Crippen molar-refractivity contribution in [2.45, 2.75) is 0 Å². The van der Waals surface area contributed by atoms with Gasteiger partial charge in [-0.15, -0.1) is 0 Å². The summed E-state index contributed by atoms with van der Waals surface area (Å²) in [5.41, 5.74) is 0. The van der Waals surface area contributed by atoms with E-state index in [-0.39, 0.29) is 12.9 Å². The van der Waals surface area contributed by atoms with Crippen LogP contribution in [0, 0.1) is 0 Å². The monoisotopic (exact) mass is 134 g/mol. The van der Waals surface area contributed by atoms with Gasteiger partial charge in [-0.2, -0.15) is 12.6 Å². The van der Waals surface area contributed by atoms with Crippen LogP contribution in [0.25, 0.3) is 0 Å². The van der Waals surface area contributed by atoms with Crippen LogP contribution in [0.15, 0.2) is 0 Å². The number of ether oxygens (including phenoxy) is 1. The predicted molar refractivity (Wildman–Crippen MR) is 30.9 cm³/mol. The van der Waals surface area contributed by atoms with E-state index in [0.717, 1.165) is 0 Å². The van der Waals surface area contributed by atoms with Crippen molar-refractivity contribution in [1.82, 2.24) is 0 Å². The second-order valence-electron chi connectivity index (χ2n) is 1.01. The maximum atomic E-state index is 9.95. The Labute approximate surface area is 52.4 Å². The van der Waals surface area contributed by atoms with Crippen LogP contribution in [0.1, 0.15) is 0 Å². The maximum absolute atomic E-state index is 9.95. The van der Waals surface area contributed by atoms with Crippen LogP contribution in [0.5, 0.6) is 0 Å². The number of rotatable bonds is 3. The Balaban J connectivity index is 3.11. The molecule has 0 spiro atoms. The number of thiol groups is 1. The zero-order valence-electron chi connectivity index (χ0n) is 4.16. The molecule has 0 N–H and O–H groups in total. The Bertz CT molecular complexity index is 91.3. The molecule has 3 nitrogen and oxygen atoms in total. The highest BCUT2D eigenvalue weighted by atomic mass is 32.1. The van der Waals surface area contributed by atoms with Gasteiger partial charge in [0.15, 0.2) is 0 Å². The van der Waals surface area contributed by atoms with Gasteiger partial charge in [-0.05, 0) is 0 Å². The highest BCUT2D eigenvalue weighted by Crippen LogP contribution is 1.76. The molecule has 0 aromatic carbocycles. The summed E-state index contributed by atoms with van der Waals surface area (Å²) in [4.78, 5) is 19.5. The second kappa shape index (κ2) is 4.64. The van der Waals surface area contributed by atoms with E-state index in [0.29, 0.717) is 5.75 Å². The minimum Gasteiger partial charge on any atom is -0.459 e. The lowest BCUT2D eigenvalue weighted by atomic mass is 10.7. The zero-order chi connectivity index (χ0) is 6.41. The summed E-state index contributed by atoms with van der Waals surface area (Å²) in [7, 11) is 0. The van der Waals surface area contributed by atoms with Crippen molar-refractivity contribution in [3.63, 3.8) is 0 Å². The van der Waals surface area contributed by atoms with Crippen LogP contribution in [0.2, 0.25) is 0 Å². The third-order valence-corrected chi connectivity index (χ3v) is 0.614. The first-order valence-corrected chi connectivity index (χ1v) is 2.67. The Morgan fingerprint density at radius 3 is 2.75 bits per heavy atom. The molecule has 0 unspecified atom stereocenters. The third-order valence-electron chi connectivity index (χ3n) is 0.432. The van der Waals surface area contributed by atoms with Crippen molar-refractivity contribution in [3.8, 4) is 0 Å². The quantitative estimate of drug-likeness (QED) is 0.248. The molecule has 8 heavy (non-hydrogen) atoms. The fourth-order valence-electron chi connectivity index (χ4n) is 0.180. The highest BCUT2D eigenvalue weighted by Gasteiger charge is 1.94. The fourth-order valence-corrected chi connectivity index (χ4v) is 0.272. The minimum atomic E-state index is -0.834. The van der Waals surface area contributed by atoms with Crippen molar-refractivity contribution in [1.29, 1.82) is 0 Å². The topological polar surface area (TPSA) is 43.4 Å². The molecule has 4 heteroatoms. The molecule has 0 atom stereocenters. The van der Waals surface area contributed by atoms with Gasteiger partial charge in [0, 0.05) is 5.75 Å². The van der Waals surface area contributed by atoms with Gasteiger partial charge in [0.2, 0.25) is 6.29 Å². The van der Waals surface area contributed by atoms with E-state index in [9.17, 15) is 9.59 Å². The van der Waals surface area contributed by atoms with Crippen molar-refractivity contribution >= 4 is 24.9 Å². The summed E-state index contributed by atoms with van der Waals surface area (Å²) in [5, 5.41) is 0. The van der Waals surface area contributed by atoms with E-state index in [1.54, 1.807) is 0 Å². The Kier molecular flexibility index (Phi) is 4.35. The standard InChI is InChI=1S/C4H6O3S/c5-3-4(6)7-1-2-8/h3,8H,1-2H2. The minimum absolute atomic E-state index is 0.128. The molecule has 0 heterocycles. The highest BCUT2D eigenvalue weighted by molar-refractivity contribution is 7.80. The van der Waals surface area contributed by atoms with E-state index in [4.69, 9.17) is 0 Å². The van der Waals surface area contributed by atoms with E-state index in [1.165, 1.54) is 0 Å². The molecule has 0 aliphatic carbocycles. The number of hydrogen-bond acceptors (Lipinski definition) is 4. The van der Waals surface area contributed by atoms with Crippen LogP contribution >= 0.6 is 12.6 Å². The van der Waals surface area contributed by atoms with Gasteiger partial charge >= 0.3 is 5.97 Å². The average Bonchev–Trinajstić information content (AvgIpc) is 1.83. The first-order valence-electron chi connectivity index (χ1n) is 2.04. The van der Waals surface area contributed by atoms with Gasteiger partial charge < -0.3 is 4.74 Å². The second-order valence-corrected chi connectivity index (χ2v) is 1.46. The number of esters is 1. The number of hydrogen-bond donors (Lipinski definition) is 1. The smallest absolute Gasteiger partial charge is 0.371 e. The molecule has 46 valence electrons. The average molecular weight is 134 g/mol. The van der Waals surface area contributed by atoms with Crippen LogP contribution in [0.3, 0.4) is 0 Å². The fraction of sp³-hybridized carbons (Fsp3) is 0.500. The van der Waals surface area contributed by atoms with Crippen molar-refractivity contribution in [2.75, 3.05) is 12.4 Å². The Morgan fingerprint density at radius 2 is 2.38 bits per heavy atom. The molecule has 0 rings (SSSR count). The van der Waals surface area contributed by atoms with Crippen LogP contribution in [-0.2, 0) is 14.3 Å². The molecule has 0 radical (unpaired) electrons. The molecule has 0 saturated carbocycles. The summed E-state index contributed by atoms with van der Waals surface area (Å²) >= 11 is 3.74. The summed E-state index contributed by atoms with van der Waals surface area (Å²) < 4.78 is 4.26. The Morgan fingerprint density at radius 1 is 1.75 bits per heavy atom. The molecule has 0 aliphatic rings. The number of carbonyl (C=O) groups is 2. The van der Waals surface area contributed by atoms with Gasteiger partial charge in [0.1, 0.15) is 6.61 Å². The molecular formula is C4H6O3S. The summed E-state index contributed by atoms with van der Waals surface area (Å²) in [6.07, 6.45) is 0.128. The van der Waals surface area contributed by atoms with E-state index in [1.807, 2.05) is 0 Å². The van der Waals surface area contributed by atoms with Crippen molar-refractivity contribution in [2.24, 2.45) is 0 Å². The molecule has 0 saturated heterocycles. The van der Waals surface area contributed by atoms with Gasteiger partial charge in [-0.25, -0.2) is 4.79 Å². The first-order chi connectivity index (χ1) is 3.81. The lowest BCUT2D eigenvalue weighted by Crippen LogP contribution is -2.06. The lowest BCUT2D eigenvalue weighted by molar-refractivity contribution is -0.148. The number of aldehydes is 1. The normalized spacial score (nSPS) is 8.12. The molecule has 0 bridgehead atoms. The molecule has 0 aliphatic heterocycles. The van der Waals surface area contributed by atoms with Crippen LogP contribution < -0.4 is 0 Å². The van der Waals surface area contributed by atoms with Crippen molar-refractivity contribution < 1.29 is 14.3 Å². The Hall–Kier alpha value is -0.510. The molecule has 0 fully saturated rings. The maximum Gasteiger partial charge on any atom is 0.371 e. The molecule has 0 amide bonds. The van der Waals surface area contributed by atoms with Crippen LogP contribution in [0.4, 0.5) is 0 Å². The summed E-state index contributed by atoms with van der Waals surface area (Å²) in [6, 6.07) is 0.